The summed E-state index contributed by atoms with van der Waals surface area (Å²) in [6.45, 7) is 0.898. The zero-order valence-corrected chi connectivity index (χ0v) is 12.4. The van der Waals surface area contributed by atoms with Crippen LogP contribution in [0, 0.1) is 0 Å². The molecule has 0 spiro atoms. The van der Waals surface area contributed by atoms with Crippen molar-refractivity contribution < 1.29 is 9.59 Å². The maximum absolute atomic E-state index is 12.0. The molecule has 5 nitrogen and oxygen atoms in total. The molecule has 1 atom stereocenters. The van der Waals surface area contributed by atoms with Gasteiger partial charge in [-0.2, -0.15) is 0 Å². The van der Waals surface area contributed by atoms with E-state index < -0.39 is 0 Å². The van der Waals surface area contributed by atoms with E-state index in [1.165, 1.54) is 11.8 Å². The Morgan fingerprint density at radius 1 is 1.40 bits per heavy atom. The van der Waals surface area contributed by atoms with Crippen LogP contribution in [0.4, 0.5) is 11.4 Å². The summed E-state index contributed by atoms with van der Waals surface area (Å²) < 4.78 is 0. The summed E-state index contributed by atoms with van der Waals surface area (Å²) in [6.07, 6.45) is 1.92. The number of hydrogen-bond donors (Lipinski definition) is 3. The molecule has 1 aromatic rings. The lowest BCUT2D eigenvalue weighted by atomic mass is 10.2. The van der Waals surface area contributed by atoms with Gasteiger partial charge in [-0.1, -0.05) is 0 Å². The van der Waals surface area contributed by atoms with Gasteiger partial charge < -0.3 is 16.0 Å². The van der Waals surface area contributed by atoms with Crippen LogP contribution in [-0.4, -0.2) is 30.2 Å². The zero-order chi connectivity index (χ0) is 13.2. The number of amides is 2. The van der Waals surface area contributed by atoms with Crippen molar-refractivity contribution in [3.8, 4) is 0 Å². The minimum absolute atomic E-state index is 0. The second-order valence-electron chi connectivity index (χ2n) is 4.69. The minimum atomic E-state index is -0.0972. The van der Waals surface area contributed by atoms with Crippen LogP contribution in [0.25, 0.3) is 0 Å². The number of hydrogen-bond acceptors (Lipinski definition) is 4. The predicted molar refractivity (Wildman–Crippen MR) is 82.7 cm³/mol. The van der Waals surface area contributed by atoms with E-state index in [2.05, 4.69) is 16.0 Å². The van der Waals surface area contributed by atoms with Crippen LogP contribution in [0.2, 0.25) is 0 Å². The number of carbonyl (C=O) groups excluding carboxylic acids is 2. The van der Waals surface area contributed by atoms with E-state index >= 15 is 0 Å². The molecule has 20 heavy (non-hydrogen) atoms. The standard InChI is InChI=1S/C13H15N3O2S.ClH/c17-12-7-19-11-4-3-8(6-10(11)16-12)15-13(18)9-2-1-5-14-9;/h3-4,6,9,14H,1-2,5,7H2,(H,15,18)(H,16,17);1H/t9-;/m0./s1. The molecule has 2 aliphatic heterocycles. The van der Waals surface area contributed by atoms with Crippen molar-refractivity contribution in [2.75, 3.05) is 22.9 Å². The van der Waals surface area contributed by atoms with Crippen molar-refractivity contribution in [2.24, 2.45) is 0 Å². The molecule has 1 fully saturated rings. The maximum Gasteiger partial charge on any atom is 0.241 e. The fraction of sp³-hybridized carbons (Fsp3) is 0.385. The molecule has 2 aliphatic rings. The van der Waals surface area contributed by atoms with E-state index in [0.717, 1.165) is 35.7 Å². The van der Waals surface area contributed by atoms with E-state index in [1.807, 2.05) is 18.2 Å². The van der Waals surface area contributed by atoms with Gasteiger partial charge in [0.15, 0.2) is 0 Å². The van der Waals surface area contributed by atoms with Crippen LogP contribution < -0.4 is 16.0 Å². The number of halogens is 1. The van der Waals surface area contributed by atoms with Gasteiger partial charge >= 0.3 is 0 Å². The zero-order valence-electron chi connectivity index (χ0n) is 10.8. The lowest BCUT2D eigenvalue weighted by Crippen LogP contribution is -2.35. The van der Waals surface area contributed by atoms with Gasteiger partial charge in [-0.25, -0.2) is 0 Å². The first-order valence-corrected chi connectivity index (χ1v) is 7.32. The molecular formula is C13H16ClN3O2S. The molecule has 0 aliphatic carbocycles. The highest BCUT2D eigenvalue weighted by Crippen LogP contribution is 2.33. The number of rotatable bonds is 2. The Morgan fingerprint density at radius 3 is 3.00 bits per heavy atom. The quantitative estimate of drug-likeness (QED) is 0.779. The van der Waals surface area contributed by atoms with Crippen LogP contribution >= 0.6 is 24.2 Å². The number of nitrogens with one attached hydrogen (secondary N) is 3. The van der Waals surface area contributed by atoms with Crippen LogP contribution in [-0.2, 0) is 9.59 Å². The highest BCUT2D eigenvalue weighted by Gasteiger charge is 2.22. The highest BCUT2D eigenvalue weighted by atomic mass is 35.5. The number of benzene rings is 1. The second-order valence-corrected chi connectivity index (χ2v) is 5.70. The van der Waals surface area contributed by atoms with E-state index in [-0.39, 0.29) is 30.3 Å². The number of thioether (sulfide) groups is 1. The summed E-state index contributed by atoms with van der Waals surface area (Å²) in [5, 5.41) is 8.86. The first kappa shape index (κ1) is 15.2. The summed E-state index contributed by atoms with van der Waals surface area (Å²) in [4.78, 5) is 24.4. The van der Waals surface area contributed by atoms with Gasteiger partial charge in [0.25, 0.3) is 0 Å². The first-order chi connectivity index (χ1) is 9.22. The van der Waals surface area contributed by atoms with Gasteiger partial charge in [0.1, 0.15) is 0 Å². The molecule has 1 saturated heterocycles. The minimum Gasteiger partial charge on any atom is -0.325 e. The second kappa shape index (κ2) is 6.47. The third-order valence-corrected chi connectivity index (χ3v) is 4.33. The smallest absolute Gasteiger partial charge is 0.241 e. The highest BCUT2D eigenvalue weighted by molar-refractivity contribution is 8.00. The van der Waals surface area contributed by atoms with E-state index in [9.17, 15) is 9.59 Å². The predicted octanol–water partition coefficient (Wildman–Crippen LogP) is 1.84. The molecule has 0 bridgehead atoms. The summed E-state index contributed by atoms with van der Waals surface area (Å²) >= 11 is 1.51. The topological polar surface area (TPSA) is 70.2 Å². The molecule has 3 rings (SSSR count). The molecule has 0 aromatic heterocycles. The number of fused-ring (bicyclic) bond motifs is 1. The van der Waals surface area contributed by atoms with Gasteiger partial charge in [-0.3, -0.25) is 9.59 Å². The molecule has 0 saturated carbocycles. The third kappa shape index (κ3) is 3.26. The average molecular weight is 314 g/mol. The maximum atomic E-state index is 12.0. The summed E-state index contributed by atoms with van der Waals surface area (Å²) in [5.74, 6) is 0.440. The fourth-order valence-corrected chi connectivity index (χ4v) is 3.09. The average Bonchev–Trinajstić information content (AvgIpc) is 2.92. The molecule has 1 aromatic carbocycles. The van der Waals surface area contributed by atoms with Crippen LogP contribution in [0.1, 0.15) is 12.8 Å². The number of carbonyl (C=O) groups is 2. The Balaban J connectivity index is 0.00000147. The van der Waals surface area contributed by atoms with Gasteiger partial charge in [0, 0.05) is 10.6 Å². The lowest BCUT2D eigenvalue weighted by molar-refractivity contribution is -0.117. The molecule has 2 heterocycles. The van der Waals surface area contributed by atoms with Crippen LogP contribution in [0.5, 0.6) is 0 Å². The molecule has 0 radical (unpaired) electrons. The van der Waals surface area contributed by atoms with Gasteiger partial charge in [0.2, 0.25) is 11.8 Å². The molecule has 7 heteroatoms. The van der Waals surface area contributed by atoms with Crippen molar-refractivity contribution >= 4 is 47.4 Å². The lowest BCUT2D eigenvalue weighted by Gasteiger charge is -2.18. The molecule has 0 unspecified atom stereocenters. The van der Waals surface area contributed by atoms with Crippen LogP contribution in [0.3, 0.4) is 0 Å². The van der Waals surface area contributed by atoms with E-state index in [4.69, 9.17) is 0 Å². The van der Waals surface area contributed by atoms with Crippen molar-refractivity contribution in [1.29, 1.82) is 0 Å². The van der Waals surface area contributed by atoms with E-state index in [1.54, 1.807) is 0 Å². The Hall–Kier alpha value is -1.24. The van der Waals surface area contributed by atoms with Gasteiger partial charge in [-0.15, -0.1) is 24.2 Å². The fourth-order valence-electron chi connectivity index (χ4n) is 2.30. The van der Waals surface area contributed by atoms with Gasteiger partial charge in [-0.05, 0) is 37.6 Å². The molecule has 3 N–H and O–H groups in total. The largest absolute Gasteiger partial charge is 0.325 e. The third-order valence-electron chi connectivity index (χ3n) is 3.26. The normalized spacial score (nSPS) is 20.6. The monoisotopic (exact) mass is 313 g/mol. The SMILES string of the molecule is Cl.O=C1CSc2ccc(NC(=O)[C@@H]3CCCN3)cc2N1. The van der Waals surface area contributed by atoms with E-state index in [0.29, 0.717) is 5.75 Å². The van der Waals surface area contributed by atoms with Crippen molar-refractivity contribution in [3.05, 3.63) is 18.2 Å². The molecular weight excluding hydrogens is 298 g/mol. The Morgan fingerprint density at radius 2 is 2.25 bits per heavy atom. The Bertz CT molecular complexity index is 532. The first-order valence-electron chi connectivity index (χ1n) is 6.33. The Kier molecular flexibility index (Phi) is 4.91. The Labute approximate surface area is 127 Å². The van der Waals surface area contributed by atoms with Crippen molar-refractivity contribution in [2.45, 2.75) is 23.8 Å². The molecule has 2 amide bonds. The van der Waals surface area contributed by atoms with Crippen LogP contribution in [0.15, 0.2) is 23.1 Å². The summed E-state index contributed by atoms with van der Waals surface area (Å²) in [6, 6.07) is 5.51. The number of anilines is 2. The van der Waals surface area contributed by atoms with Gasteiger partial charge in [0.05, 0.1) is 17.5 Å². The summed E-state index contributed by atoms with van der Waals surface area (Å²) in [7, 11) is 0. The van der Waals surface area contributed by atoms with Crippen molar-refractivity contribution in [1.82, 2.24) is 5.32 Å². The molecule has 108 valence electrons. The van der Waals surface area contributed by atoms with Crippen molar-refractivity contribution in [3.63, 3.8) is 0 Å². The summed E-state index contributed by atoms with van der Waals surface area (Å²) in [5.41, 5.74) is 1.50.